The smallest absolute Gasteiger partial charge is 0.0985 e. The van der Waals surface area contributed by atoms with E-state index in [1.165, 1.54) is 32.1 Å². The van der Waals surface area contributed by atoms with Crippen molar-refractivity contribution >= 4 is 0 Å². The summed E-state index contributed by atoms with van der Waals surface area (Å²) in [6.45, 7) is 3.91. The molecule has 0 aromatic carbocycles. The highest BCUT2D eigenvalue weighted by Gasteiger charge is 1.90. The van der Waals surface area contributed by atoms with Gasteiger partial charge in [-0.3, -0.25) is 4.90 Å². The van der Waals surface area contributed by atoms with Gasteiger partial charge < -0.3 is 4.74 Å². The topological polar surface area (TPSA) is 12.5 Å². The monoisotopic (exact) mass is 173 g/mol. The number of ether oxygens (including phenoxy) is 1. The van der Waals surface area contributed by atoms with Crippen LogP contribution in [0.2, 0.25) is 0 Å². The fourth-order valence-electron chi connectivity index (χ4n) is 1.05. The van der Waals surface area contributed by atoms with E-state index in [4.69, 9.17) is 4.74 Å². The molecule has 0 aliphatic rings. The van der Waals surface area contributed by atoms with E-state index in [2.05, 4.69) is 6.92 Å². The highest BCUT2D eigenvalue weighted by atomic mass is 16.5. The molecule has 0 aromatic rings. The van der Waals surface area contributed by atoms with Crippen LogP contribution in [0.3, 0.4) is 0 Å². The minimum Gasteiger partial charge on any atom is -0.366 e. The Morgan fingerprint density at radius 1 is 1.00 bits per heavy atom. The minimum absolute atomic E-state index is 0.758. The molecule has 0 saturated heterocycles. The third kappa shape index (κ3) is 9.92. The molecule has 0 saturated carbocycles. The summed E-state index contributed by atoms with van der Waals surface area (Å²) in [5.41, 5.74) is 0. The van der Waals surface area contributed by atoms with Gasteiger partial charge in [-0.2, -0.15) is 0 Å². The zero-order valence-electron chi connectivity index (χ0n) is 8.81. The first-order chi connectivity index (χ1) is 5.77. The summed E-state index contributed by atoms with van der Waals surface area (Å²) in [4.78, 5) is 2.05. The Hall–Kier alpha value is -0.0800. The summed E-state index contributed by atoms with van der Waals surface area (Å²) >= 11 is 0. The normalized spacial score (nSPS) is 11.0. The summed E-state index contributed by atoms with van der Waals surface area (Å²) in [6.07, 6.45) is 6.59. The molecule has 0 N–H and O–H groups in total. The molecule has 0 spiro atoms. The van der Waals surface area contributed by atoms with E-state index in [9.17, 15) is 0 Å². The maximum Gasteiger partial charge on any atom is 0.0985 e. The first kappa shape index (κ1) is 11.9. The quantitative estimate of drug-likeness (QED) is 0.413. The van der Waals surface area contributed by atoms with E-state index in [1.54, 1.807) is 0 Å². The predicted molar refractivity (Wildman–Crippen MR) is 53.3 cm³/mol. The molecular formula is C10H23NO. The van der Waals surface area contributed by atoms with Gasteiger partial charge in [0.15, 0.2) is 0 Å². The molecule has 0 radical (unpaired) electrons. The number of hydrogen-bond donors (Lipinski definition) is 0. The summed E-state index contributed by atoms with van der Waals surface area (Å²) in [5.74, 6) is 0. The summed E-state index contributed by atoms with van der Waals surface area (Å²) in [6, 6.07) is 0. The van der Waals surface area contributed by atoms with Crippen LogP contribution < -0.4 is 0 Å². The van der Waals surface area contributed by atoms with Crippen LogP contribution in [0.5, 0.6) is 0 Å². The van der Waals surface area contributed by atoms with Gasteiger partial charge in [0.05, 0.1) is 6.73 Å². The van der Waals surface area contributed by atoms with Crippen LogP contribution in [0.1, 0.15) is 39.0 Å². The Morgan fingerprint density at radius 2 is 1.67 bits per heavy atom. The van der Waals surface area contributed by atoms with Gasteiger partial charge in [-0.25, -0.2) is 0 Å². The Labute approximate surface area is 76.9 Å². The zero-order valence-corrected chi connectivity index (χ0v) is 8.81. The van der Waals surface area contributed by atoms with Crippen molar-refractivity contribution in [1.82, 2.24) is 4.90 Å². The number of unbranched alkanes of at least 4 members (excludes halogenated alkanes) is 4. The van der Waals surface area contributed by atoms with Crippen molar-refractivity contribution in [3.63, 3.8) is 0 Å². The second-order valence-corrected chi connectivity index (χ2v) is 3.53. The Kier molecular flexibility index (Phi) is 8.95. The van der Waals surface area contributed by atoms with Gasteiger partial charge >= 0.3 is 0 Å². The third-order valence-corrected chi connectivity index (χ3v) is 1.74. The lowest BCUT2D eigenvalue weighted by atomic mass is 10.2. The fraction of sp³-hybridized carbons (Fsp3) is 1.00. The highest BCUT2D eigenvalue weighted by molar-refractivity contribution is 4.41. The van der Waals surface area contributed by atoms with Crippen molar-refractivity contribution in [2.45, 2.75) is 39.0 Å². The Bertz CT molecular complexity index is 83.9. The van der Waals surface area contributed by atoms with Crippen molar-refractivity contribution in [2.75, 3.05) is 27.4 Å². The summed E-state index contributed by atoms with van der Waals surface area (Å²) in [5, 5.41) is 0. The third-order valence-electron chi connectivity index (χ3n) is 1.74. The molecule has 0 aliphatic carbocycles. The van der Waals surface area contributed by atoms with Crippen molar-refractivity contribution in [3.8, 4) is 0 Å². The first-order valence-corrected chi connectivity index (χ1v) is 5.00. The average Bonchev–Trinajstić information content (AvgIpc) is 2.02. The predicted octanol–water partition coefficient (Wildman–Crippen LogP) is 2.49. The lowest BCUT2D eigenvalue weighted by Gasteiger charge is -2.09. The van der Waals surface area contributed by atoms with Crippen molar-refractivity contribution in [3.05, 3.63) is 0 Å². The Morgan fingerprint density at radius 3 is 2.25 bits per heavy atom. The molecule has 0 unspecified atom stereocenters. The van der Waals surface area contributed by atoms with Gasteiger partial charge in [-0.05, 0) is 20.5 Å². The molecule has 0 rings (SSSR count). The molecule has 12 heavy (non-hydrogen) atoms. The van der Waals surface area contributed by atoms with E-state index in [-0.39, 0.29) is 0 Å². The summed E-state index contributed by atoms with van der Waals surface area (Å²) in [7, 11) is 4.05. The van der Waals surface area contributed by atoms with E-state index in [0.29, 0.717) is 0 Å². The van der Waals surface area contributed by atoms with E-state index in [1.807, 2.05) is 19.0 Å². The molecule has 0 aromatic heterocycles. The molecule has 0 amide bonds. The summed E-state index contributed by atoms with van der Waals surface area (Å²) < 4.78 is 5.40. The highest BCUT2D eigenvalue weighted by Crippen LogP contribution is 2.02. The van der Waals surface area contributed by atoms with Crippen molar-refractivity contribution in [2.24, 2.45) is 0 Å². The van der Waals surface area contributed by atoms with E-state index in [0.717, 1.165) is 13.3 Å². The zero-order chi connectivity index (χ0) is 9.23. The number of nitrogens with zero attached hydrogens (tertiary/aromatic N) is 1. The van der Waals surface area contributed by atoms with E-state index < -0.39 is 0 Å². The van der Waals surface area contributed by atoms with Crippen LogP contribution in [0.25, 0.3) is 0 Å². The van der Waals surface area contributed by atoms with Crippen LogP contribution in [-0.2, 0) is 4.74 Å². The van der Waals surface area contributed by atoms with Gasteiger partial charge in [0.25, 0.3) is 0 Å². The van der Waals surface area contributed by atoms with Gasteiger partial charge in [-0.15, -0.1) is 0 Å². The molecule has 0 fully saturated rings. The molecule has 0 atom stereocenters. The number of rotatable bonds is 8. The first-order valence-electron chi connectivity index (χ1n) is 5.00. The van der Waals surface area contributed by atoms with Crippen molar-refractivity contribution < 1.29 is 4.74 Å². The largest absolute Gasteiger partial charge is 0.366 e. The van der Waals surface area contributed by atoms with Crippen LogP contribution in [-0.4, -0.2) is 32.3 Å². The van der Waals surface area contributed by atoms with E-state index >= 15 is 0 Å². The minimum atomic E-state index is 0.758. The van der Waals surface area contributed by atoms with Gasteiger partial charge in [0.2, 0.25) is 0 Å². The molecule has 74 valence electrons. The maximum absolute atomic E-state index is 5.40. The lowest BCUT2D eigenvalue weighted by molar-refractivity contribution is 0.0539. The number of hydrogen-bond acceptors (Lipinski definition) is 2. The lowest BCUT2D eigenvalue weighted by Crippen LogP contribution is -2.16. The molecular weight excluding hydrogens is 150 g/mol. The standard InChI is InChI=1S/C10H23NO/c1-4-5-6-7-8-9-12-10-11(2)3/h4-10H2,1-3H3. The van der Waals surface area contributed by atoms with Gasteiger partial charge in [-0.1, -0.05) is 32.6 Å². The van der Waals surface area contributed by atoms with Crippen molar-refractivity contribution in [1.29, 1.82) is 0 Å². The average molecular weight is 173 g/mol. The Balaban J connectivity index is 2.82. The second-order valence-electron chi connectivity index (χ2n) is 3.53. The van der Waals surface area contributed by atoms with Crippen LogP contribution in [0.4, 0.5) is 0 Å². The molecule has 2 nitrogen and oxygen atoms in total. The van der Waals surface area contributed by atoms with Crippen LogP contribution in [0, 0.1) is 0 Å². The second kappa shape index (κ2) is 9.01. The SMILES string of the molecule is CCCCCCCOCN(C)C. The van der Waals surface area contributed by atoms with Crippen LogP contribution >= 0.6 is 0 Å². The molecule has 0 bridgehead atoms. The van der Waals surface area contributed by atoms with Gasteiger partial charge in [0.1, 0.15) is 0 Å². The fourth-order valence-corrected chi connectivity index (χ4v) is 1.05. The molecule has 0 aliphatic heterocycles. The molecule has 2 heteroatoms. The van der Waals surface area contributed by atoms with Gasteiger partial charge in [0, 0.05) is 6.61 Å². The maximum atomic E-state index is 5.40. The van der Waals surface area contributed by atoms with Crippen LogP contribution in [0.15, 0.2) is 0 Å². The molecule has 0 heterocycles.